The van der Waals surface area contributed by atoms with Crippen LogP contribution < -0.4 is 0 Å². The molecule has 0 saturated heterocycles. The fourth-order valence-electron chi connectivity index (χ4n) is 4.47. The average molecular weight is 604 g/mol. The summed E-state index contributed by atoms with van der Waals surface area (Å²) in [4.78, 5) is 27.3. The van der Waals surface area contributed by atoms with Gasteiger partial charge in [-0.3, -0.25) is 4.79 Å². The van der Waals surface area contributed by atoms with Gasteiger partial charge in [0, 0.05) is 28.3 Å². The van der Waals surface area contributed by atoms with Crippen molar-refractivity contribution in [3.63, 3.8) is 0 Å². The number of furan rings is 1. The molecule has 0 bridgehead atoms. The Morgan fingerprint density at radius 3 is 2.17 bits per heavy atom. The van der Waals surface area contributed by atoms with Crippen LogP contribution in [0.25, 0.3) is 6.08 Å². The Kier molecular flexibility index (Phi) is 8.90. The second-order valence-electron chi connectivity index (χ2n) is 9.44. The molecule has 1 aliphatic heterocycles. The third kappa shape index (κ3) is 6.18. The molecule has 0 fully saturated rings. The number of hydrogen-bond acceptors (Lipinski definition) is 6. The summed E-state index contributed by atoms with van der Waals surface area (Å²) in [5, 5.41) is 0.952. The maximum absolute atomic E-state index is 13.6. The normalized spacial score (nSPS) is 15.2. The third-order valence-corrected chi connectivity index (χ3v) is 8.68. The summed E-state index contributed by atoms with van der Waals surface area (Å²) in [6.45, 7) is 5.34. The minimum atomic E-state index is -3.96. The molecule has 4 rings (SSSR count). The summed E-state index contributed by atoms with van der Waals surface area (Å²) >= 11 is 12.0. The first kappa shape index (κ1) is 29.6. The summed E-state index contributed by atoms with van der Waals surface area (Å²) in [6, 6.07) is 15.9. The second kappa shape index (κ2) is 12.0. The van der Waals surface area contributed by atoms with Gasteiger partial charge < -0.3 is 14.1 Å². The largest absolute Gasteiger partial charge is 0.465 e. The Labute approximate surface area is 243 Å². The van der Waals surface area contributed by atoms with Crippen LogP contribution in [0.15, 0.2) is 86.8 Å². The van der Waals surface area contributed by atoms with E-state index in [4.69, 9.17) is 32.4 Å². The van der Waals surface area contributed by atoms with Gasteiger partial charge in [0.15, 0.2) is 0 Å². The van der Waals surface area contributed by atoms with E-state index in [2.05, 4.69) is 0 Å². The number of esters is 1. The van der Waals surface area contributed by atoms with E-state index in [9.17, 15) is 18.0 Å². The lowest BCUT2D eigenvalue weighted by Crippen LogP contribution is -2.31. The van der Waals surface area contributed by atoms with Crippen molar-refractivity contribution in [2.75, 3.05) is 7.11 Å². The fraction of sp³-hybridized carbons (Fsp3) is 0.241. The first-order valence-corrected chi connectivity index (χ1v) is 14.6. The van der Waals surface area contributed by atoms with Gasteiger partial charge in [0.1, 0.15) is 11.5 Å². The molecule has 0 unspecified atom stereocenters. The highest BCUT2D eigenvalue weighted by Crippen LogP contribution is 2.33. The Hall–Kier alpha value is -3.37. The van der Waals surface area contributed by atoms with E-state index >= 15 is 0 Å². The molecule has 210 valence electrons. The van der Waals surface area contributed by atoms with E-state index in [0.29, 0.717) is 21.5 Å². The topological polar surface area (TPSA) is 97.1 Å². The molecule has 3 aromatic rings. The molecule has 1 aliphatic rings. The van der Waals surface area contributed by atoms with Crippen LogP contribution in [-0.4, -0.2) is 42.7 Å². The van der Waals surface area contributed by atoms with Gasteiger partial charge in [-0.25, -0.2) is 13.2 Å². The number of nitrogens with zero attached hydrogens (tertiary/aromatic N) is 2. The number of methoxy groups -OCH3 is 1. The van der Waals surface area contributed by atoms with Gasteiger partial charge in [-0.2, -0.15) is 4.31 Å². The number of hydrogen-bond donors (Lipinski definition) is 0. The number of carbonyl (C=O) groups is 2. The molecule has 0 saturated carbocycles. The quantitative estimate of drug-likeness (QED) is 0.218. The zero-order valence-electron chi connectivity index (χ0n) is 22.4. The lowest BCUT2D eigenvalue weighted by atomic mass is 10.1. The molecule has 0 radical (unpaired) electrons. The Balaban J connectivity index is 1.68. The van der Waals surface area contributed by atoms with Crippen molar-refractivity contribution < 1.29 is 27.2 Å². The van der Waals surface area contributed by atoms with E-state index in [-0.39, 0.29) is 46.8 Å². The minimum absolute atomic E-state index is 0.0511. The van der Waals surface area contributed by atoms with Crippen molar-refractivity contribution in [1.29, 1.82) is 0 Å². The highest BCUT2D eigenvalue weighted by Gasteiger charge is 2.38. The van der Waals surface area contributed by atoms with Crippen LogP contribution in [0.4, 0.5) is 0 Å². The van der Waals surface area contributed by atoms with Crippen molar-refractivity contribution in [2.45, 2.75) is 44.8 Å². The van der Waals surface area contributed by atoms with Crippen molar-refractivity contribution in [3.8, 4) is 0 Å². The third-order valence-electron chi connectivity index (χ3n) is 6.37. The molecule has 40 heavy (non-hydrogen) atoms. The average Bonchev–Trinajstić information content (AvgIpc) is 3.45. The van der Waals surface area contributed by atoms with Gasteiger partial charge in [0.25, 0.3) is 5.91 Å². The molecular formula is C29H28Cl2N2O6S. The molecule has 0 atom stereocenters. The smallest absolute Gasteiger partial charge is 0.340 e. The molecule has 0 N–H and O–H groups in total. The molecular weight excluding hydrogens is 575 g/mol. The van der Waals surface area contributed by atoms with E-state index in [1.807, 2.05) is 13.8 Å². The van der Waals surface area contributed by atoms with Crippen LogP contribution >= 0.6 is 23.2 Å². The maximum atomic E-state index is 13.6. The minimum Gasteiger partial charge on any atom is -0.465 e. The molecule has 8 nitrogen and oxygen atoms in total. The molecule has 1 amide bonds. The summed E-state index contributed by atoms with van der Waals surface area (Å²) < 4.78 is 39.4. The molecule has 2 heterocycles. The van der Waals surface area contributed by atoms with Crippen molar-refractivity contribution in [3.05, 3.63) is 105 Å². The lowest BCUT2D eigenvalue weighted by molar-refractivity contribution is -0.136. The zero-order valence-corrected chi connectivity index (χ0v) is 24.7. The van der Waals surface area contributed by atoms with E-state index in [1.165, 1.54) is 46.7 Å². The second-order valence-corrected chi connectivity index (χ2v) is 12.2. The Morgan fingerprint density at radius 1 is 1.00 bits per heavy atom. The van der Waals surface area contributed by atoms with E-state index in [0.717, 1.165) is 5.56 Å². The number of halogens is 2. The van der Waals surface area contributed by atoms with Crippen molar-refractivity contribution in [1.82, 2.24) is 9.21 Å². The number of benzene rings is 2. The number of amides is 1. The van der Waals surface area contributed by atoms with Gasteiger partial charge in [0.05, 0.1) is 29.7 Å². The molecule has 1 aromatic heterocycles. The van der Waals surface area contributed by atoms with Crippen LogP contribution in [0.1, 0.15) is 37.9 Å². The summed E-state index contributed by atoms with van der Waals surface area (Å²) in [7, 11) is -2.70. The standard InChI is InChI=1S/C29H28Cl2N2O6S/c1-18(2)33-19(3)27(29(35)38-4)26(28(33)34)15-23-11-12-24(39-23)17-32(16-20-5-7-21(30)8-6-20)40(36,37)25-13-9-22(31)10-14-25/h5-15,18H,16-17H2,1-4H3/b26-15+. The summed E-state index contributed by atoms with van der Waals surface area (Å²) in [5.41, 5.74) is 1.53. The monoisotopic (exact) mass is 602 g/mol. The SMILES string of the molecule is COC(=O)C1=C(C)N(C(C)C)C(=O)/C1=C/c1ccc(CN(Cc2ccc(Cl)cc2)S(=O)(=O)c2ccc(Cl)cc2)o1. The van der Waals surface area contributed by atoms with Crippen LogP contribution in [0.3, 0.4) is 0 Å². The number of carbonyl (C=O) groups excluding carboxylic acids is 2. The molecule has 11 heteroatoms. The van der Waals surface area contributed by atoms with Crippen LogP contribution in [0.2, 0.25) is 10.0 Å². The van der Waals surface area contributed by atoms with Gasteiger partial charge in [0.2, 0.25) is 10.0 Å². The van der Waals surface area contributed by atoms with Gasteiger partial charge in [-0.05, 0) is 80.9 Å². The Bertz CT molecular complexity index is 1590. The maximum Gasteiger partial charge on any atom is 0.340 e. The molecule has 2 aromatic carbocycles. The summed E-state index contributed by atoms with van der Waals surface area (Å²) in [5.74, 6) is -0.353. The van der Waals surface area contributed by atoms with Crippen LogP contribution in [-0.2, 0) is 37.4 Å². The van der Waals surface area contributed by atoms with Crippen molar-refractivity contribution >= 4 is 51.2 Å². The van der Waals surface area contributed by atoms with Gasteiger partial charge in [-0.15, -0.1) is 0 Å². The highest BCUT2D eigenvalue weighted by molar-refractivity contribution is 7.89. The van der Waals surface area contributed by atoms with Crippen LogP contribution in [0.5, 0.6) is 0 Å². The number of sulfonamides is 1. The lowest BCUT2D eigenvalue weighted by Gasteiger charge is -2.22. The first-order chi connectivity index (χ1) is 18.9. The number of rotatable bonds is 9. The molecule has 0 spiro atoms. The number of ether oxygens (including phenoxy) is 1. The fourth-order valence-corrected chi connectivity index (χ4v) is 6.11. The zero-order chi connectivity index (χ0) is 29.2. The van der Waals surface area contributed by atoms with Gasteiger partial charge in [-0.1, -0.05) is 35.3 Å². The number of allylic oxidation sites excluding steroid dienone is 1. The highest BCUT2D eigenvalue weighted by atomic mass is 35.5. The Morgan fingerprint density at radius 2 is 1.60 bits per heavy atom. The van der Waals surface area contributed by atoms with Crippen molar-refractivity contribution in [2.24, 2.45) is 0 Å². The predicted molar refractivity (Wildman–Crippen MR) is 153 cm³/mol. The molecule has 0 aliphatic carbocycles. The van der Waals surface area contributed by atoms with E-state index in [1.54, 1.807) is 43.3 Å². The van der Waals surface area contributed by atoms with E-state index < -0.39 is 16.0 Å². The summed E-state index contributed by atoms with van der Waals surface area (Å²) in [6.07, 6.45) is 1.47. The van der Waals surface area contributed by atoms with Gasteiger partial charge >= 0.3 is 5.97 Å². The first-order valence-electron chi connectivity index (χ1n) is 12.4. The predicted octanol–water partition coefficient (Wildman–Crippen LogP) is 6.06. The van der Waals surface area contributed by atoms with Crippen LogP contribution in [0, 0.1) is 0 Å².